The third kappa shape index (κ3) is 2.92. The van der Waals surface area contributed by atoms with Crippen LogP contribution in [0.4, 0.5) is 5.69 Å². The third-order valence-electron chi connectivity index (χ3n) is 3.01. The van der Waals surface area contributed by atoms with Crippen LogP contribution >= 0.6 is 35.7 Å². The van der Waals surface area contributed by atoms with Gasteiger partial charge in [-0.3, -0.25) is 9.69 Å². The normalized spacial score (nSPS) is 17.0. The summed E-state index contributed by atoms with van der Waals surface area (Å²) in [6.07, 6.45) is 5.67. The van der Waals surface area contributed by atoms with E-state index in [0.29, 0.717) is 9.23 Å². The second-order valence-electron chi connectivity index (χ2n) is 4.34. The number of carbonyl (C=O) groups excluding carboxylic acids is 1. The van der Waals surface area contributed by atoms with Crippen LogP contribution in [0, 0.1) is 0 Å². The largest absolute Gasteiger partial charge is 0.362 e. The number of rotatable bonds is 3. The number of hydrogen-bond donors (Lipinski definition) is 1. The zero-order valence-corrected chi connectivity index (χ0v) is 13.6. The molecule has 2 heterocycles. The highest BCUT2D eigenvalue weighted by atomic mass is 32.2. The number of nitrogens with one attached hydrogen (secondary N) is 1. The molecule has 1 aliphatic heterocycles. The van der Waals surface area contributed by atoms with Crippen molar-refractivity contribution in [2.24, 2.45) is 0 Å². The molecule has 1 aromatic heterocycles. The lowest BCUT2D eigenvalue weighted by Crippen LogP contribution is -2.27. The fourth-order valence-electron chi connectivity index (χ4n) is 2.02. The van der Waals surface area contributed by atoms with E-state index in [1.165, 1.54) is 11.8 Å². The smallest absolute Gasteiger partial charge is 0.270 e. The molecule has 0 spiro atoms. The lowest BCUT2D eigenvalue weighted by atomic mass is 10.3. The Hall–Kier alpha value is -1.50. The Kier molecular flexibility index (Phi) is 4.19. The second-order valence-corrected chi connectivity index (χ2v) is 6.90. The maximum Gasteiger partial charge on any atom is 0.270 e. The van der Waals surface area contributed by atoms with E-state index in [2.05, 4.69) is 4.98 Å². The van der Waals surface area contributed by atoms with Gasteiger partial charge in [0.25, 0.3) is 5.91 Å². The Bertz CT molecular complexity index is 722. The SMILES string of the molecule is CSc1cccc(N2C(=O)/C(=C\c3ccc[nH]3)SC2=S)c1. The van der Waals surface area contributed by atoms with Crippen molar-refractivity contribution in [3.05, 3.63) is 53.2 Å². The molecule has 1 aliphatic rings. The van der Waals surface area contributed by atoms with Crippen molar-refractivity contribution < 1.29 is 4.79 Å². The van der Waals surface area contributed by atoms with E-state index in [-0.39, 0.29) is 5.91 Å². The van der Waals surface area contributed by atoms with E-state index in [9.17, 15) is 4.79 Å². The molecular formula is C15H12N2OS3. The van der Waals surface area contributed by atoms with Crippen LogP contribution < -0.4 is 4.90 Å². The van der Waals surface area contributed by atoms with Crippen LogP contribution in [-0.2, 0) is 4.79 Å². The molecule has 1 fully saturated rings. The molecule has 0 unspecified atom stereocenters. The standard InChI is InChI=1S/C15H12N2OS3/c1-20-12-6-2-5-11(9-12)17-14(18)13(21-15(17)19)8-10-4-3-7-16-10/h2-9,16H,1H3/b13-8+. The van der Waals surface area contributed by atoms with Crippen LogP contribution in [0.2, 0.25) is 0 Å². The molecule has 0 saturated carbocycles. The zero-order chi connectivity index (χ0) is 14.8. The number of nitrogens with zero attached hydrogens (tertiary/aromatic N) is 1. The maximum absolute atomic E-state index is 12.6. The minimum Gasteiger partial charge on any atom is -0.362 e. The number of thioether (sulfide) groups is 2. The number of hydrogen-bond acceptors (Lipinski definition) is 4. The Labute approximate surface area is 136 Å². The number of carbonyl (C=O) groups is 1. The number of aromatic nitrogens is 1. The molecule has 21 heavy (non-hydrogen) atoms. The third-order valence-corrected chi connectivity index (χ3v) is 5.04. The summed E-state index contributed by atoms with van der Waals surface area (Å²) in [5.74, 6) is -0.0714. The molecule has 1 saturated heterocycles. The summed E-state index contributed by atoms with van der Waals surface area (Å²) in [6.45, 7) is 0. The molecular weight excluding hydrogens is 320 g/mol. The van der Waals surface area contributed by atoms with Crippen LogP contribution in [0.5, 0.6) is 0 Å². The average Bonchev–Trinajstić information content (AvgIpc) is 3.08. The fourth-order valence-corrected chi connectivity index (χ4v) is 3.76. The van der Waals surface area contributed by atoms with E-state index >= 15 is 0 Å². The van der Waals surface area contributed by atoms with E-state index in [1.807, 2.05) is 54.9 Å². The van der Waals surface area contributed by atoms with Crippen molar-refractivity contribution in [2.45, 2.75) is 4.90 Å². The lowest BCUT2D eigenvalue weighted by Gasteiger charge is -2.15. The Morgan fingerprint density at radius 3 is 2.90 bits per heavy atom. The summed E-state index contributed by atoms with van der Waals surface area (Å²) in [5.41, 5.74) is 1.72. The van der Waals surface area contributed by atoms with Gasteiger partial charge in [-0.05, 0) is 42.7 Å². The minimum atomic E-state index is -0.0714. The van der Waals surface area contributed by atoms with Crippen LogP contribution in [0.1, 0.15) is 5.69 Å². The van der Waals surface area contributed by atoms with Crippen molar-refractivity contribution in [2.75, 3.05) is 11.2 Å². The number of benzene rings is 1. The Morgan fingerprint density at radius 2 is 2.19 bits per heavy atom. The van der Waals surface area contributed by atoms with Crippen LogP contribution in [0.3, 0.4) is 0 Å². The minimum absolute atomic E-state index is 0.0714. The molecule has 0 radical (unpaired) electrons. The summed E-state index contributed by atoms with van der Waals surface area (Å²) in [7, 11) is 0. The van der Waals surface area contributed by atoms with Gasteiger partial charge in [0.1, 0.15) is 0 Å². The first-order valence-corrected chi connectivity index (χ1v) is 8.69. The molecule has 6 heteroatoms. The number of H-pyrrole nitrogens is 1. The summed E-state index contributed by atoms with van der Waals surface area (Å²) in [5, 5.41) is 0. The highest BCUT2D eigenvalue weighted by Crippen LogP contribution is 2.36. The summed E-state index contributed by atoms with van der Waals surface area (Å²) < 4.78 is 0.566. The number of thiocarbonyl (C=S) groups is 1. The Morgan fingerprint density at radius 1 is 1.33 bits per heavy atom. The van der Waals surface area contributed by atoms with Crippen molar-refractivity contribution in [3.8, 4) is 0 Å². The molecule has 106 valence electrons. The molecule has 3 rings (SSSR count). The van der Waals surface area contributed by atoms with Gasteiger partial charge in [0.15, 0.2) is 4.32 Å². The monoisotopic (exact) mass is 332 g/mol. The molecule has 0 atom stereocenters. The topological polar surface area (TPSA) is 36.1 Å². The van der Waals surface area contributed by atoms with Crippen LogP contribution in [-0.4, -0.2) is 21.5 Å². The van der Waals surface area contributed by atoms with E-state index in [4.69, 9.17) is 12.2 Å². The van der Waals surface area contributed by atoms with Crippen molar-refractivity contribution in [3.63, 3.8) is 0 Å². The quantitative estimate of drug-likeness (QED) is 0.520. The maximum atomic E-state index is 12.6. The van der Waals surface area contributed by atoms with Crippen LogP contribution in [0.25, 0.3) is 6.08 Å². The molecule has 0 aliphatic carbocycles. The van der Waals surface area contributed by atoms with Gasteiger partial charge in [0.05, 0.1) is 10.6 Å². The van der Waals surface area contributed by atoms with Gasteiger partial charge in [0, 0.05) is 16.8 Å². The second kappa shape index (κ2) is 6.09. The fraction of sp³-hybridized carbons (Fsp3) is 0.0667. The molecule has 1 N–H and O–H groups in total. The number of anilines is 1. The van der Waals surface area contributed by atoms with Crippen molar-refractivity contribution in [1.82, 2.24) is 4.98 Å². The van der Waals surface area contributed by atoms with Gasteiger partial charge in [-0.25, -0.2) is 0 Å². The Balaban J connectivity index is 1.93. The number of aromatic amines is 1. The van der Waals surface area contributed by atoms with Gasteiger partial charge in [-0.2, -0.15) is 0 Å². The summed E-state index contributed by atoms with van der Waals surface area (Å²) in [6, 6.07) is 11.7. The van der Waals surface area contributed by atoms with E-state index < -0.39 is 0 Å². The van der Waals surface area contributed by atoms with Crippen LogP contribution in [0.15, 0.2) is 52.4 Å². The highest BCUT2D eigenvalue weighted by molar-refractivity contribution is 8.27. The van der Waals surface area contributed by atoms with Crippen molar-refractivity contribution in [1.29, 1.82) is 0 Å². The first-order chi connectivity index (χ1) is 10.2. The predicted molar refractivity (Wildman–Crippen MR) is 94.7 cm³/mol. The number of amides is 1. The van der Waals surface area contributed by atoms with E-state index in [1.54, 1.807) is 16.7 Å². The molecule has 2 aromatic rings. The summed E-state index contributed by atoms with van der Waals surface area (Å²) in [4.78, 5) is 19.0. The molecule has 0 bridgehead atoms. The summed E-state index contributed by atoms with van der Waals surface area (Å²) >= 11 is 8.33. The first-order valence-electron chi connectivity index (χ1n) is 6.24. The molecule has 1 amide bonds. The highest BCUT2D eigenvalue weighted by Gasteiger charge is 2.33. The zero-order valence-electron chi connectivity index (χ0n) is 11.2. The van der Waals surface area contributed by atoms with Gasteiger partial charge in [0.2, 0.25) is 0 Å². The lowest BCUT2D eigenvalue weighted by molar-refractivity contribution is -0.113. The predicted octanol–water partition coefficient (Wildman–Crippen LogP) is 4.14. The molecule has 3 nitrogen and oxygen atoms in total. The van der Waals surface area contributed by atoms with Gasteiger partial charge >= 0.3 is 0 Å². The van der Waals surface area contributed by atoms with Gasteiger partial charge in [-0.15, -0.1) is 11.8 Å². The average molecular weight is 332 g/mol. The van der Waals surface area contributed by atoms with Gasteiger partial charge in [-0.1, -0.05) is 30.0 Å². The molecule has 1 aromatic carbocycles. The van der Waals surface area contributed by atoms with Crippen molar-refractivity contribution >= 4 is 57.7 Å². The first kappa shape index (κ1) is 14.4. The van der Waals surface area contributed by atoms with E-state index in [0.717, 1.165) is 16.3 Å². The van der Waals surface area contributed by atoms with Gasteiger partial charge < -0.3 is 4.98 Å².